The van der Waals surface area contributed by atoms with Gasteiger partial charge in [0.1, 0.15) is 0 Å². The van der Waals surface area contributed by atoms with Gasteiger partial charge in [-0.1, -0.05) is 44.5 Å². The predicted octanol–water partition coefficient (Wildman–Crippen LogP) is 4.21. The van der Waals surface area contributed by atoms with Crippen LogP contribution in [-0.2, 0) is 0 Å². The number of hydrogen-bond donors (Lipinski definition) is 0. The number of halogens is 1. The summed E-state index contributed by atoms with van der Waals surface area (Å²) < 4.78 is 0. The topological polar surface area (TPSA) is 3.24 Å². The van der Waals surface area contributed by atoms with Crippen LogP contribution < -0.4 is 4.90 Å². The van der Waals surface area contributed by atoms with Crippen molar-refractivity contribution in [2.75, 3.05) is 18.0 Å². The summed E-state index contributed by atoms with van der Waals surface area (Å²) in [6, 6.07) is 8.08. The van der Waals surface area contributed by atoms with Crippen LogP contribution >= 0.6 is 11.6 Å². The van der Waals surface area contributed by atoms with Crippen molar-refractivity contribution in [1.82, 2.24) is 0 Å². The fourth-order valence-electron chi connectivity index (χ4n) is 1.86. The molecule has 0 radical (unpaired) electrons. The first kappa shape index (κ1) is 12.4. The average molecular weight is 226 g/mol. The van der Waals surface area contributed by atoms with E-state index in [9.17, 15) is 0 Å². The molecule has 84 valence electrons. The molecule has 2 rings (SSSR count). The number of rotatable bonds is 1. The molecule has 1 atom stereocenters. The summed E-state index contributed by atoms with van der Waals surface area (Å²) >= 11 is 6.11. The Balaban J connectivity index is 0.000000531. The molecule has 0 aliphatic carbocycles. The Morgan fingerprint density at radius 2 is 1.93 bits per heavy atom. The normalized spacial score (nSPS) is 19.7. The van der Waals surface area contributed by atoms with Crippen molar-refractivity contribution >= 4 is 17.3 Å². The molecule has 1 aromatic carbocycles. The standard InChI is InChI=1S/C11H14ClN.C2H6/c1-9-6-7-13(8-9)11-5-3-2-4-10(11)12;1-2/h2-5,9H,6-8H2,1H3;1-2H3. The van der Waals surface area contributed by atoms with E-state index in [0.717, 1.165) is 24.0 Å². The molecular formula is C13H20ClN. The van der Waals surface area contributed by atoms with Crippen LogP contribution in [0, 0.1) is 5.92 Å². The molecule has 1 saturated heterocycles. The summed E-state index contributed by atoms with van der Waals surface area (Å²) in [6.07, 6.45) is 1.28. The Hall–Kier alpha value is -0.690. The Kier molecular flexibility index (Phi) is 4.97. The van der Waals surface area contributed by atoms with E-state index in [1.165, 1.54) is 12.1 Å². The molecule has 0 aromatic heterocycles. The van der Waals surface area contributed by atoms with Crippen molar-refractivity contribution in [3.05, 3.63) is 29.3 Å². The molecular weight excluding hydrogens is 206 g/mol. The van der Waals surface area contributed by atoms with E-state index in [0.29, 0.717) is 0 Å². The molecule has 1 fully saturated rings. The first-order valence-electron chi connectivity index (χ1n) is 5.77. The van der Waals surface area contributed by atoms with Crippen molar-refractivity contribution in [2.24, 2.45) is 5.92 Å². The molecule has 1 nitrogen and oxygen atoms in total. The summed E-state index contributed by atoms with van der Waals surface area (Å²) in [5.41, 5.74) is 1.19. The first-order chi connectivity index (χ1) is 7.27. The molecule has 0 saturated carbocycles. The van der Waals surface area contributed by atoms with Gasteiger partial charge in [-0.2, -0.15) is 0 Å². The minimum Gasteiger partial charge on any atom is -0.370 e. The van der Waals surface area contributed by atoms with Crippen LogP contribution in [0.1, 0.15) is 27.2 Å². The molecule has 0 amide bonds. The van der Waals surface area contributed by atoms with E-state index in [2.05, 4.69) is 17.9 Å². The highest BCUT2D eigenvalue weighted by Crippen LogP contribution is 2.29. The zero-order chi connectivity index (χ0) is 11.3. The van der Waals surface area contributed by atoms with E-state index in [1.807, 2.05) is 32.0 Å². The minimum atomic E-state index is 0.802. The Morgan fingerprint density at radius 3 is 2.47 bits per heavy atom. The zero-order valence-corrected chi connectivity index (χ0v) is 10.6. The molecule has 2 heteroatoms. The number of anilines is 1. The predicted molar refractivity (Wildman–Crippen MR) is 68.8 cm³/mol. The highest BCUT2D eigenvalue weighted by molar-refractivity contribution is 6.33. The summed E-state index contributed by atoms with van der Waals surface area (Å²) in [5, 5.41) is 0.872. The van der Waals surface area contributed by atoms with Gasteiger partial charge in [-0.05, 0) is 24.5 Å². The van der Waals surface area contributed by atoms with Gasteiger partial charge in [-0.25, -0.2) is 0 Å². The van der Waals surface area contributed by atoms with Gasteiger partial charge in [-0.3, -0.25) is 0 Å². The van der Waals surface area contributed by atoms with Crippen molar-refractivity contribution in [2.45, 2.75) is 27.2 Å². The minimum absolute atomic E-state index is 0.802. The van der Waals surface area contributed by atoms with E-state index >= 15 is 0 Å². The molecule has 0 N–H and O–H groups in total. The van der Waals surface area contributed by atoms with Gasteiger partial charge in [0.05, 0.1) is 10.7 Å². The summed E-state index contributed by atoms with van der Waals surface area (Å²) in [6.45, 7) is 8.57. The van der Waals surface area contributed by atoms with E-state index in [4.69, 9.17) is 11.6 Å². The third kappa shape index (κ3) is 3.13. The maximum Gasteiger partial charge on any atom is 0.0639 e. The Labute approximate surface area is 98.0 Å². The quantitative estimate of drug-likeness (QED) is 0.692. The third-order valence-corrected chi connectivity index (χ3v) is 2.94. The van der Waals surface area contributed by atoms with Gasteiger partial charge < -0.3 is 4.90 Å². The van der Waals surface area contributed by atoms with Gasteiger partial charge in [-0.15, -0.1) is 0 Å². The Morgan fingerprint density at radius 1 is 1.27 bits per heavy atom. The van der Waals surface area contributed by atoms with Crippen molar-refractivity contribution in [3.63, 3.8) is 0 Å². The molecule has 1 heterocycles. The van der Waals surface area contributed by atoms with Gasteiger partial charge in [0, 0.05) is 13.1 Å². The molecule has 1 aromatic rings. The zero-order valence-electron chi connectivity index (χ0n) is 9.83. The lowest BCUT2D eigenvalue weighted by Crippen LogP contribution is -2.19. The summed E-state index contributed by atoms with van der Waals surface area (Å²) in [7, 11) is 0. The number of para-hydroxylation sites is 1. The molecule has 0 bridgehead atoms. The van der Waals surface area contributed by atoms with Crippen molar-refractivity contribution < 1.29 is 0 Å². The average Bonchev–Trinajstić information content (AvgIpc) is 2.68. The highest BCUT2D eigenvalue weighted by Gasteiger charge is 2.19. The maximum atomic E-state index is 6.11. The molecule has 15 heavy (non-hydrogen) atoms. The molecule has 1 unspecified atom stereocenters. The smallest absolute Gasteiger partial charge is 0.0639 e. The fraction of sp³-hybridized carbons (Fsp3) is 0.538. The lowest BCUT2D eigenvalue weighted by Gasteiger charge is -2.19. The highest BCUT2D eigenvalue weighted by atomic mass is 35.5. The van der Waals surface area contributed by atoms with Crippen LogP contribution in [0.3, 0.4) is 0 Å². The third-order valence-electron chi connectivity index (χ3n) is 2.62. The van der Waals surface area contributed by atoms with Crippen molar-refractivity contribution in [1.29, 1.82) is 0 Å². The van der Waals surface area contributed by atoms with Gasteiger partial charge in [0.15, 0.2) is 0 Å². The van der Waals surface area contributed by atoms with Crippen LogP contribution in [-0.4, -0.2) is 13.1 Å². The molecule has 0 spiro atoms. The Bertz CT molecular complexity index is 298. The fourth-order valence-corrected chi connectivity index (χ4v) is 2.12. The summed E-state index contributed by atoms with van der Waals surface area (Å²) in [5.74, 6) is 0.802. The van der Waals surface area contributed by atoms with Crippen LogP contribution in [0.2, 0.25) is 5.02 Å². The lowest BCUT2D eigenvalue weighted by molar-refractivity contribution is 0.659. The number of benzene rings is 1. The first-order valence-corrected chi connectivity index (χ1v) is 6.14. The van der Waals surface area contributed by atoms with Crippen LogP contribution in [0.4, 0.5) is 5.69 Å². The number of nitrogens with zero attached hydrogens (tertiary/aromatic N) is 1. The van der Waals surface area contributed by atoms with Crippen LogP contribution in [0.25, 0.3) is 0 Å². The largest absolute Gasteiger partial charge is 0.370 e. The second-order valence-electron chi connectivity index (χ2n) is 3.79. The monoisotopic (exact) mass is 225 g/mol. The van der Waals surface area contributed by atoms with E-state index in [-0.39, 0.29) is 0 Å². The van der Waals surface area contributed by atoms with E-state index in [1.54, 1.807) is 0 Å². The SMILES string of the molecule is CC.CC1CCN(c2ccccc2Cl)C1. The van der Waals surface area contributed by atoms with Gasteiger partial charge in [0.25, 0.3) is 0 Å². The second-order valence-corrected chi connectivity index (χ2v) is 4.20. The summed E-state index contributed by atoms with van der Waals surface area (Å²) in [4.78, 5) is 2.37. The lowest BCUT2D eigenvalue weighted by atomic mass is 10.2. The van der Waals surface area contributed by atoms with Crippen LogP contribution in [0.5, 0.6) is 0 Å². The van der Waals surface area contributed by atoms with Crippen molar-refractivity contribution in [3.8, 4) is 0 Å². The number of hydrogen-bond acceptors (Lipinski definition) is 1. The molecule has 1 aliphatic rings. The van der Waals surface area contributed by atoms with Crippen LogP contribution in [0.15, 0.2) is 24.3 Å². The second kappa shape index (κ2) is 6.02. The van der Waals surface area contributed by atoms with E-state index < -0.39 is 0 Å². The molecule has 1 aliphatic heterocycles. The maximum absolute atomic E-state index is 6.11. The van der Waals surface area contributed by atoms with Gasteiger partial charge >= 0.3 is 0 Å². The van der Waals surface area contributed by atoms with Gasteiger partial charge in [0.2, 0.25) is 0 Å².